The molecule has 5 rings (SSSR count). The number of hydrogen-bond donors (Lipinski definition) is 3. The number of nitrogens with zero attached hydrogens (tertiary/aromatic N) is 5. The van der Waals surface area contributed by atoms with E-state index in [-0.39, 0.29) is 23.8 Å². The molecule has 36 heavy (non-hydrogen) atoms. The average Bonchev–Trinajstić information content (AvgIpc) is 3.09. The molecule has 0 spiro atoms. The number of nitrogens with one attached hydrogen (secondary N) is 2. The van der Waals surface area contributed by atoms with Crippen LogP contribution in [0, 0.1) is 5.82 Å². The summed E-state index contributed by atoms with van der Waals surface area (Å²) in [5, 5.41) is 18.5. The van der Waals surface area contributed by atoms with Crippen LogP contribution in [0.2, 0.25) is 0 Å². The Morgan fingerprint density at radius 2 is 1.94 bits per heavy atom. The molecule has 8 nitrogen and oxygen atoms in total. The van der Waals surface area contributed by atoms with Crippen LogP contribution in [0.3, 0.4) is 0 Å². The molecule has 9 heteroatoms. The Bertz CT molecular complexity index is 1400. The monoisotopic (exact) mass is 489 g/mol. The van der Waals surface area contributed by atoms with E-state index in [1.807, 2.05) is 52.3 Å². The first-order valence-corrected chi connectivity index (χ1v) is 12.3. The summed E-state index contributed by atoms with van der Waals surface area (Å²) >= 11 is 0. The maximum absolute atomic E-state index is 14.9. The van der Waals surface area contributed by atoms with Crippen molar-refractivity contribution in [2.75, 3.05) is 37.8 Å². The minimum Gasteiger partial charge on any atom is -0.493 e. The first-order chi connectivity index (χ1) is 17.3. The minimum atomic E-state index is -0.362. The second-order valence-corrected chi connectivity index (χ2v) is 9.77. The van der Waals surface area contributed by atoms with E-state index in [2.05, 4.69) is 25.5 Å². The van der Waals surface area contributed by atoms with Gasteiger partial charge in [0.15, 0.2) is 0 Å². The summed E-state index contributed by atoms with van der Waals surface area (Å²) in [7, 11) is 4.00. The molecule has 3 aromatic heterocycles. The maximum Gasteiger partial charge on any atom is 0.225 e. The van der Waals surface area contributed by atoms with Crippen molar-refractivity contribution in [2.45, 2.75) is 38.8 Å². The molecule has 1 unspecified atom stereocenters. The molecular weight excluding hydrogens is 457 g/mol. The van der Waals surface area contributed by atoms with Crippen LogP contribution in [-0.4, -0.2) is 56.7 Å². The van der Waals surface area contributed by atoms with Crippen molar-refractivity contribution in [3.05, 3.63) is 70.9 Å². The number of hydrogen-bond acceptors (Lipinski definition) is 7. The van der Waals surface area contributed by atoms with Gasteiger partial charge >= 0.3 is 0 Å². The standard InChI is InChI=1S/C27H32FN7O/c1-16(2)35-15-20-24(26(35)36)32-27(30-13-14-34(3)4)33-25(20)31-23-18-7-5-9-21(28)17(18)10-11-22-19(23)8-6-12-29-22/h5-9,12,15-16,23,36H,10-11,13-14H2,1-4H3,(H2,30,31,32,33). The van der Waals surface area contributed by atoms with Crippen LogP contribution in [0.25, 0.3) is 10.9 Å². The molecule has 4 aromatic rings. The Hall–Kier alpha value is -3.72. The fourth-order valence-corrected chi connectivity index (χ4v) is 4.79. The molecule has 0 bridgehead atoms. The van der Waals surface area contributed by atoms with Crippen LogP contribution in [0.5, 0.6) is 5.88 Å². The molecular formula is C27H32FN7O. The Morgan fingerprint density at radius 3 is 2.72 bits per heavy atom. The number of aryl methyl sites for hydroxylation is 1. The second kappa shape index (κ2) is 9.73. The van der Waals surface area contributed by atoms with Crippen LogP contribution in [-0.2, 0) is 12.8 Å². The number of halogens is 1. The van der Waals surface area contributed by atoms with Gasteiger partial charge in [-0.3, -0.25) is 4.98 Å². The molecule has 0 aliphatic heterocycles. The average molecular weight is 490 g/mol. The van der Waals surface area contributed by atoms with E-state index < -0.39 is 0 Å². The van der Waals surface area contributed by atoms with Crippen LogP contribution >= 0.6 is 0 Å². The van der Waals surface area contributed by atoms with Gasteiger partial charge in [-0.05, 0) is 64.0 Å². The Balaban J connectivity index is 1.65. The number of pyridine rings is 1. The lowest BCUT2D eigenvalue weighted by Crippen LogP contribution is -2.22. The third-order valence-electron chi connectivity index (χ3n) is 6.66. The second-order valence-electron chi connectivity index (χ2n) is 9.77. The smallest absolute Gasteiger partial charge is 0.225 e. The van der Waals surface area contributed by atoms with Gasteiger partial charge in [0.05, 0.1) is 11.4 Å². The normalized spacial score (nSPS) is 15.1. The molecule has 3 N–H and O–H groups in total. The van der Waals surface area contributed by atoms with Crippen LogP contribution in [0.4, 0.5) is 16.2 Å². The molecule has 188 valence electrons. The number of rotatable bonds is 7. The van der Waals surface area contributed by atoms with Gasteiger partial charge in [0, 0.05) is 42.8 Å². The van der Waals surface area contributed by atoms with E-state index >= 15 is 0 Å². The highest BCUT2D eigenvalue weighted by molar-refractivity contribution is 5.94. The van der Waals surface area contributed by atoms with Crippen LogP contribution in [0.1, 0.15) is 48.3 Å². The SMILES string of the molecule is CC(C)n1cc2c(NC3c4cccnc4CCc4c(F)cccc43)nc(NCCN(C)C)nc2c1O. The lowest BCUT2D eigenvalue weighted by Gasteiger charge is -2.23. The van der Waals surface area contributed by atoms with Crippen molar-refractivity contribution in [3.8, 4) is 5.88 Å². The first kappa shape index (κ1) is 24.0. The third-order valence-corrected chi connectivity index (χ3v) is 6.66. The number of benzene rings is 1. The van der Waals surface area contributed by atoms with Crippen molar-refractivity contribution >= 4 is 22.7 Å². The topological polar surface area (TPSA) is 91.1 Å². The summed E-state index contributed by atoms with van der Waals surface area (Å²) in [4.78, 5) is 16.1. The van der Waals surface area contributed by atoms with E-state index in [1.54, 1.807) is 16.8 Å². The van der Waals surface area contributed by atoms with E-state index in [1.165, 1.54) is 6.07 Å². The number of aromatic nitrogens is 4. The van der Waals surface area contributed by atoms with Crippen LogP contribution in [0.15, 0.2) is 42.7 Å². The highest BCUT2D eigenvalue weighted by Gasteiger charge is 2.28. The molecule has 1 aliphatic carbocycles. The number of aromatic hydroxyl groups is 1. The van der Waals surface area contributed by atoms with Gasteiger partial charge in [-0.2, -0.15) is 4.98 Å². The van der Waals surface area contributed by atoms with E-state index in [0.29, 0.717) is 47.6 Å². The van der Waals surface area contributed by atoms with Gasteiger partial charge in [0.1, 0.15) is 17.2 Å². The van der Waals surface area contributed by atoms with Gasteiger partial charge < -0.3 is 25.2 Å². The highest BCUT2D eigenvalue weighted by atomic mass is 19.1. The van der Waals surface area contributed by atoms with E-state index in [0.717, 1.165) is 23.4 Å². The fourth-order valence-electron chi connectivity index (χ4n) is 4.79. The zero-order valence-electron chi connectivity index (χ0n) is 21.1. The van der Waals surface area contributed by atoms with E-state index in [4.69, 9.17) is 4.98 Å². The predicted molar refractivity (Wildman–Crippen MR) is 140 cm³/mol. The summed E-state index contributed by atoms with van der Waals surface area (Å²) < 4.78 is 16.7. The third kappa shape index (κ3) is 4.46. The number of likely N-dealkylation sites (N-methyl/N-ethyl adjacent to an activating group) is 1. The van der Waals surface area contributed by atoms with E-state index in [9.17, 15) is 9.50 Å². The highest BCUT2D eigenvalue weighted by Crippen LogP contribution is 2.39. The zero-order valence-corrected chi connectivity index (χ0v) is 21.1. The van der Waals surface area contributed by atoms with Crippen molar-refractivity contribution in [1.82, 2.24) is 24.4 Å². The Labute approximate surface area is 210 Å². The molecule has 1 aliphatic rings. The van der Waals surface area contributed by atoms with Gasteiger partial charge in [-0.15, -0.1) is 0 Å². The molecule has 3 heterocycles. The first-order valence-electron chi connectivity index (χ1n) is 12.3. The molecule has 0 fully saturated rings. The minimum absolute atomic E-state index is 0.0369. The van der Waals surface area contributed by atoms with Crippen molar-refractivity contribution < 1.29 is 9.50 Å². The molecule has 1 atom stereocenters. The number of fused-ring (bicyclic) bond motifs is 3. The van der Waals surface area contributed by atoms with Crippen molar-refractivity contribution in [1.29, 1.82) is 0 Å². The lowest BCUT2D eigenvalue weighted by molar-refractivity contribution is 0.404. The van der Waals surface area contributed by atoms with Gasteiger partial charge in [0.2, 0.25) is 11.8 Å². The van der Waals surface area contributed by atoms with Crippen molar-refractivity contribution in [3.63, 3.8) is 0 Å². The predicted octanol–water partition coefficient (Wildman–Crippen LogP) is 4.53. The van der Waals surface area contributed by atoms with Gasteiger partial charge in [-0.25, -0.2) is 9.37 Å². The Morgan fingerprint density at radius 1 is 1.14 bits per heavy atom. The Kier molecular flexibility index (Phi) is 6.49. The van der Waals surface area contributed by atoms with Crippen molar-refractivity contribution in [2.24, 2.45) is 0 Å². The quantitative estimate of drug-likeness (QED) is 0.351. The summed E-state index contributed by atoms with van der Waals surface area (Å²) in [5.41, 5.74) is 3.94. The molecule has 0 saturated carbocycles. The molecule has 0 amide bonds. The summed E-state index contributed by atoms with van der Waals surface area (Å²) in [6.07, 6.45) is 4.88. The van der Waals surface area contributed by atoms with Gasteiger partial charge in [-0.1, -0.05) is 18.2 Å². The molecule has 0 saturated heterocycles. The number of anilines is 2. The maximum atomic E-state index is 14.9. The summed E-state index contributed by atoms with van der Waals surface area (Å²) in [6, 6.07) is 8.83. The molecule has 0 radical (unpaired) electrons. The largest absolute Gasteiger partial charge is 0.493 e. The van der Waals surface area contributed by atoms with Gasteiger partial charge in [0.25, 0.3) is 0 Å². The fraction of sp³-hybridized carbons (Fsp3) is 0.370. The lowest BCUT2D eigenvalue weighted by atomic mass is 9.95. The molecule has 1 aromatic carbocycles. The summed E-state index contributed by atoms with van der Waals surface area (Å²) in [5.74, 6) is 0.868. The zero-order chi connectivity index (χ0) is 25.4. The summed E-state index contributed by atoms with van der Waals surface area (Å²) in [6.45, 7) is 5.45. The van der Waals surface area contributed by atoms with Crippen LogP contribution < -0.4 is 10.6 Å².